The predicted octanol–water partition coefficient (Wildman–Crippen LogP) is 3.29. The molecule has 1 aromatic rings. The first-order valence-electron chi connectivity index (χ1n) is 8.30. The Labute approximate surface area is 128 Å². The zero-order valence-electron chi connectivity index (χ0n) is 13.3. The van der Waals surface area contributed by atoms with Gasteiger partial charge in [-0.2, -0.15) is 0 Å². The molecule has 2 rings (SSSR count). The molecule has 3 atom stereocenters. The van der Waals surface area contributed by atoms with E-state index in [1.54, 1.807) is 0 Å². The molecule has 3 heteroatoms. The third-order valence-electron chi connectivity index (χ3n) is 4.57. The first kappa shape index (κ1) is 16.3. The van der Waals surface area contributed by atoms with E-state index in [9.17, 15) is 5.11 Å². The first-order chi connectivity index (χ1) is 10.2. The molecule has 0 bridgehead atoms. The Hall–Kier alpha value is -1.06. The number of hydrogen-bond donors (Lipinski definition) is 2. The van der Waals surface area contributed by atoms with Gasteiger partial charge in [-0.25, -0.2) is 0 Å². The summed E-state index contributed by atoms with van der Waals surface area (Å²) in [5, 5.41) is 13.6. The Bertz CT molecular complexity index is 421. The third kappa shape index (κ3) is 5.01. The molecule has 1 aliphatic carbocycles. The highest BCUT2D eigenvalue weighted by atomic mass is 16.5. The molecule has 1 aliphatic rings. The minimum atomic E-state index is -0.455. The summed E-state index contributed by atoms with van der Waals surface area (Å²) >= 11 is 0. The van der Waals surface area contributed by atoms with Crippen LogP contribution in [-0.2, 0) is 0 Å². The molecular formula is C18H29NO2. The van der Waals surface area contributed by atoms with Crippen LogP contribution < -0.4 is 10.1 Å². The second-order valence-corrected chi connectivity index (χ2v) is 6.20. The minimum absolute atomic E-state index is 0.349. The quantitative estimate of drug-likeness (QED) is 0.810. The molecular weight excluding hydrogens is 262 g/mol. The fraction of sp³-hybridized carbons (Fsp3) is 0.667. The van der Waals surface area contributed by atoms with Gasteiger partial charge in [0.05, 0.1) is 0 Å². The van der Waals surface area contributed by atoms with Crippen LogP contribution in [-0.4, -0.2) is 30.4 Å². The molecule has 3 unspecified atom stereocenters. The summed E-state index contributed by atoms with van der Waals surface area (Å²) in [5.41, 5.74) is 1.11. The smallest absolute Gasteiger partial charge is 0.122 e. The van der Waals surface area contributed by atoms with Crippen LogP contribution in [0.5, 0.6) is 5.75 Å². The summed E-state index contributed by atoms with van der Waals surface area (Å²) in [4.78, 5) is 0. The molecule has 118 valence electrons. The van der Waals surface area contributed by atoms with Gasteiger partial charge in [0, 0.05) is 12.6 Å². The maximum Gasteiger partial charge on any atom is 0.122 e. The van der Waals surface area contributed by atoms with Crippen LogP contribution in [0.4, 0.5) is 0 Å². The number of benzene rings is 1. The van der Waals surface area contributed by atoms with E-state index in [-0.39, 0.29) is 0 Å². The molecule has 0 radical (unpaired) electrons. The van der Waals surface area contributed by atoms with Gasteiger partial charge in [0.25, 0.3) is 0 Å². The molecule has 0 aromatic heterocycles. The molecule has 2 N–H and O–H groups in total. The maximum absolute atomic E-state index is 10.1. The molecule has 1 saturated carbocycles. The van der Waals surface area contributed by atoms with Crippen LogP contribution in [0.3, 0.4) is 0 Å². The van der Waals surface area contributed by atoms with Gasteiger partial charge >= 0.3 is 0 Å². The molecule has 21 heavy (non-hydrogen) atoms. The lowest BCUT2D eigenvalue weighted by Gasteiger charge is -2.32. The van der Waals surface area contributed by atoms with Crippen molar-refractivity contribution in [2.75, 3.05) is 13.2 Å². The van der Waals surface area contributed by atoms with Crippen LogP contribution in [0.2, 0.25) is 0 Å². The summed E-state index contributed by atoms with van der Waals surface area (Å²) < 4.78 is 5.70. The van der Waals surface area contributed by atoms with E-state index in [1.165, 1.54) is 32.1 Å². The van der Waals surface area contributed by atoms with Gasteiger partial charge in [0.2, 0.25) is 0 Å². The zero-order chi connectivity index (χ0) is 15.1. The van der Waals surface area contributed by atoms with E-state index < -0.39 is 6.10 Å². The first-order valence-corrected chi connectivity index (χ1v) is 8.30. The number of para-hydroxylation sites is 1. The number of aliphatic hydroxyl groups is 1. The monoisotopic (exact) mass is 291 g/mol. The van der Waals surface area contributed by atoms with Crippen molar-refractivity contribution >= 4 is 0 Å². The molecule has 0 saturated heterocycles. The predicted molar refractivity (Wildman–Crippen MR) is 86.7 cm³/mol. The van der Waals surface area contributed by atoms with Gasteiger partial charge in [0.1, 0.15) is 18.5 Å². The third-order valence-corrected chi connectivity index (χ3v) is 4.57. The van der Waals surface area contributed by atoms with Crippen molar-refractivity contribution in [1.29, 1.82) is 0 Å². The van der Waals surface area contributed by atoms with E-state index in [2.05, 4.69) is 12.2 Å². The Kier molecular flexibility index (Phi) is 6.52. The molecule has 0 spiro atoms. The molecule has 1 aromatic carbocycles. The van der Waals surface area contributed by atoms with Gasteiger partial charge in [-0.15, -0.1) is 0 Å². The summed E-state index contributed by atoms with van der Waals surface area (Å²) in [5.74, 6) is 1.63. The van der Waals surface area contributed by atoms with Crippen LogP contribution in [0.25, 0.3) is 0 Å². The van der Waals surface area contributed by atoms with Gasteiger partial charge in [-0.1, -0.05) is 44.4 Å². The van der Waals surface area contributed by atoms with E-state index in [0.29, 0.717) is 19.2 Å². The number of ether oxygens (including phenoxy) is 1. The average Bonchev–Trinajstić information content (AvgIpc) is 2.52. The lowest BCUT2D eigenvalue weighted by molar-refractivity contribution is 0.0970. The van der Waals surface area contributed by atoms with Crippen molar-refractivity contribution in [1.82, 2.24) is 5.32 Å². The van der Waals surface area contributed by atoms with Crippen LogP contribution >= 0.6 is 0 Å². The van der Waals surface area contributed by atoms with E-state index in [0.717, 1.165) is 17.2 Å². The zero-order valence-corrected chi connectivity index (χ0v) is 13.3. The van der Waals surface area contributed by atoms with E-state index in [4.69, 9.17) is 4.74 Å². The largest absolute Gasteiger partial charge is 0.491 e. The van der Waals surface area contributed by atoms with Gasteiger partial charge < -0.3 is 15.2 Å². The Morgan fingerprint density at radius 1 is 1.29 bits per heavy atom. The number of rotatable bonds is 7. The lowest BCUT2D eigenvalue weighted by Crippen LogP contribution is -2.43. The lowest BCUT2D eigenvalue weighted by atomic mass is 9.83. The van der Waals surface area contributed by atoms with Crippen LogP contribution in [0.1, 0.15) is 44.6 Å². The molecule has 0 aliphatic heterocycles. The topological polar surface area (TPSA) is 41.5 Å². The van der Waals surface area contributed by atoms with Crippen LogP contribution in [0, 0.1) is 12.8 Å². The normalized spacial score (nSPS) is 23.8. The van der Waals surface area contributed by atoms with Crippen molar-refractivity contribution in [2.45, 2.75) is 58.1 Å². The van der Waals surface area contributed by atoms with Crippen LogP contribution in [0.15, 0.2) is 24.3 Å². The Morgan fingerprint density at radius 2 is 2.05 bits per heavy atom. The highest BCUT2D eigenvalue weighted by molar-refractivity contribution is 5.31. The van der Waals surface area contributed by atoms with Crippen molar-refractivity contribution in [2.24, 2.45) is 5.92 Å². The number of aryl methyl sites for hydroxylation is 1. The molecule has 0 heterocycles. The van der Waals surface area contributed by atoms with Crippen molar-refractivity contribution < 1.29 is 9.84 Å². The average molecular weight is 291 g/mol. The second-order valence-electron chi connectivity index (χ2n) is 6.20. The summed E-state index contributed by atoms with van der Waals surface area (Å²) in [7, 11) is 0. The highest BCUT2D eigenvalue weighted by Crippen LogP contribution is 2.26. The second kappa shape index (κ2) is 8.40. The van der Waals surface area contributed by atoms with Gasteiger partial charge in [-0.05, 0) is 37.3 Å². The van der Waals surface area contributed by atoms with Gasteiger partial charge in [0.15, 0.2) is 0 Å². The SMILES string of the molecule is CCC1CCCCC1NCC(O)COc1ccccc1C. The minimum Gasteiger partial charge on any atom is -0.491 e. The summed E-state index contributed by atoms with van der Waals surface area (Å²) in [6.07, 6.45) is 6.00. The fourth-order valence-electron chi connectivity index (χ4n) is 3.22. The molecule has 3 nitrogen and oxygen atoms in total. The number of nitrogens with one attached hydrogen (secondary N) is 1. The Morgan fingerprint density at radius 3 is 2.81 bits per heavy atom. The van der Waals surface area contributed by atoms with Gasteiger partial charge in [-0.3, -0.25) is 0 Å². The molecule has 0 amide bonds. The fourth-order valence-corrected chi connectivity index (χ4v) is 3.22. The number of hydrogen-bond acceptors (Lipinski definition) is 3. The van der Waals surface area contributed by atoms with Crippen molar-refractivity contribution in [3.8, 4) is 5.75 Å². The van der Waals surface area contributed by atoms with Crippen molar-refractivity contribution in [3.63, 3.8) is 0 Å². The van der Waals surface area contributed by atoms with E-state index in [1.807, 2.05) is 31.2 Å². The van der Waals surface area contributed by atoms with Crippen molar-refractivity contribution in [3.05, 3.63) is 29.8 Å². The maximum atomic E-state index is 10.1. The summed E-state index contributed by atoms with van der Waals surface area (Å²) in [6, 6.07) is 8.49. The standard InChI is InChI=1S/C18H29NO2/c1-3-15-9-5-6-10-17(15)19-12-16(20)13-21-18-11-7-4-8-14(18)2/h4,7-8,11,15-17,19-20H,3,5-6,9-10,12-13H2,1-2H3. The van der Waals surface area contributed by atoms with E-state index >= 15 is 0 Å². The highest BCUT2D eigenvalue weighted by Gasteiger charge is 2.23. The Balaban J connectivity index is 1.72. The molecule has 1 fully saturated rings. The summed E-state index contributed by atoms with van der Waals surface area (Å²) in [6.45, 7) is 5.25. The number of aliphatic hydroxyl groups excluding tert-OH is 1.